The van der Waals surface area contributed by atoms with Crippen molar-refractivity contribution in [2.24, 2.45) is 0 Å². The number of hydrogen-bond donors (Lipinski definition) is 0. The first-order chi connectivity index (χ1) is 7.49. The summed E-state index contributed by atoms with van der Waals surface area (Å²) in [6, 6.07) is 1.92. The van der Waals surface area contributed by atoms with Gasteiger partial charge in [-0.05, 0) is 46.0 Å². The van der Waals surface area contributed by atoms with Gasteiger partial charge in [0.15, 0.2) is 11.6 Å². The van der Waals surface area contributed by atoms with Crippen LogP contribution in [0.15, 0.2) is 10.5 Å². The van der Waals surface area contributed by atoms with Gasteiger partial charge in [-0.3, -0.25) is 0 Å². The van der Waals surface area contributed by atoms with Crippen LogP contribution in [0, 0.1) is 12.7 Å². The van der Waals surface area contributed by atoms with E-state index in [9.17, 15) is 4.39 Å². The second-order valence-electron chi connectivity index (χ2n) is 3.57. The van der Waals surface area contributed by atoms with E-state index in [1.807, 2.05) is 33.8 Å². The average Bonchev–Trinajstić information content (AvgIpc) is 2.26. The van der Waals surface area contributed by atoms with Gasteiger partial charge >= 0.3 is 0 Å². The first-order valence-electron chi connectivity index (χ1n) is 5.51. The first kappa shape index (κ1) is 15.4. The van der Waals surface area contributed by atoms with E-state index in [1.54, 1.807) is 6.92 Å². The molecule has 0 saturated carbocycles. The van der Waals surface area contributed by atoms with Crippen LogP contribution in [-0.4, -0.2) is 7.11 Å². The molecule has 0 atom stereocenters. The van der Waals surface area contributed by atoms with Crippen molar-refractivity contribution in [3.8, 4) is 5.75 Å². The first-order valence-corrected chi connectivity index (χ1v) is 6.30. The van der Waals surface area contributed by atoms with Gasteiger partial charge in [0, 0.05) is 0 Å². The lowest BCUT2D eigenvalue weighted by atomic mass is 9.97. The topological polar surface area (TPSA) is 9.23 Å². The van der Waals surface area contributed by atoms with E-state index in [1.165, 1.54) is 7.11 Å². The van der Waals surface area contributed by atoms with E-state index >= 15 is 0 Å². The maximum atomic E-state index is 13.7. The average molecular weight is 291 g/mol. The molecule has 1 aromatic carbocycles. The third kappa shape index (κ3) is 3.21. The molecular weight excluding hydrogens is 271 g/mol. The third-order valence-corrected chi connectivity index (χ3v) is 2.88. The number of rotatable bonds is 2. The Balaban J connectivity index is 0.00000106. The molecule has 0 spiro atoms. The summed E-state index contributed by atoms with van der Waals surface area (Å²) < 4.78 is 19.4. The second kappa shape index (κ2) is 6.89. The minimum Gasteiger partial charge on any atom is -0.492 e. The van der Waals surface area contributed by atoms with E-state index < -0.39 is 0 Å². The fraction of sp³-hybridized carbons (Fsp3) is 0.538. The number of halogens is 2. The predicted octanol–water partition coefficient (Wildman–Crippen LogP) is 5.05. The molecule has 0 aliphatic heterocycles. The number of methoxy groups -OCH3 is 1. The lowest BCUT2D eigenvalue weighted by molar-refractivity contribution is 0.381. The van der Waals surface area contributed by atoms with Crippen molar-refractivity contribution in [3.63, 3.8) is 0 Å². The Bertz CT molecular complexity index is 348. The summed E-state index contributed by atoms with van der Waals surface area (Å²) in [5.41, 5.74) is 1.68. The Morgan fingerprint density at radius 1 is 1.31 bits per heavy atom. The molecule has 16 heavy (non-hydrogen) atoms. The Morgan fingerprint density at radius 3 is 2.19 bits per heavy atom. The molecule has 0 N–H and O–H groups in total. The highest BCUT2D eigenvalue weighted by molar-refractivity contribution is 9.10. The third-order valence-electron chi connectivity index (χ3n) is 2.29. The molecule has 92 valence electrons. The summed E-state index contributed by atoms with van der Waals surface area (Å²) in [5, 5.41) is 0. The summed E-state index contributed by atoms with van der Waals surface area (Å²) in [6.45, 7) is 9.86. The molecule has 0 unspecified atom stereocenters. The van der Waals surface area contributed by atoms with E-state index in [4.69, 9.17) is 4.74 Å². The van der Waals surface area contributed by atoms with Gasteiger partial charge in [-0.25, -0.2) is 4.39 Å². The van der Waals surface area contributed by atoms with Crippen LogP contribution < -0.4 is 4.74 Å². The Kier molecular flexibility index (Phi) is 6.65. The molecule has 3 heteroatoms. The van der Waals surface area contributed by atoms with Gasteiger partial charge in [0.05, 0.1) is 11.6 Å². The molecule has 0 heterocycles. The van der Waals surface area contributed by atoms with E-state index in [-0.39, 0.29) is 11.6 Å². The van der Waals surface area contributed by atoms with Crippen LogP contribution in [-0.2, 0) is 0 Å². The van der Waals surface area contributed by atoms with E-state index in [2.05, 4.69) is 15.9 Å². The molecule has 0 radical (unpaired) electrons. The zero-order chi connectivity index (χ0) is 12.9. The molecule has 0 aliphatic rings. The molecule has 0 saturated heterocycles. The Hall–Kier alpha value is -0.570. The fourth-order valence-corrected chi connectivity index (χ4v) is 2.08. The van der Waals surface area contributed by atoms with Crippen LogP contribution in [0.1, 0.15) is 44.7 Å². The van der Waals surface area contributed by atoms with Crippen LogP contribution in [0.5, 0.6) is 5.75 Å². The Labute approximate surface area is 106 Å². The van der Waals surface area contributed by atoms with Crippen LogP contribution in [0.25, 0.3) is 0 Å². The highest BCUT2D eigenvalue weighted by atomic mass is 79.9. The summed E-state index contributed by atoms with van der Waals surface area (Å²) in [6.07, 6.45) is 0. The molecule has 0 aliphatic carbocycles. The summed E-state index contributed by atoms with van der Waals surface area (Å²) in [7, 11) is 1.47. The zero-order valence-corrected chi connectivity index (χ0v) is 12.4. The van der Waals surface area contributed by atoms with Gasteiger partial charge in [-0.15, -0.1) is 0 Å². The van der Waals surface area contributed by atoms with Gasteiger partial charge in [0.25, 0.3) is 0 Å². The summed E-state index contributed by atoms with van der Waals surface area (Å²) in [4.78, 5) is 0. The molecular formula is C13H20BrFO. The van der Waals surface area contributed by atoms with Crippen LogP contribution in [0.2, 0.25) is 0 Å². The maximum Gasteiger partial charge on any atom is 0.169 e. The minimum atomic E-state index is -0.273. The highest BCUT2D eigenvalue weighted by Gasteiger charge is 2.16. The van der Waals surface area contributed by atoms with E-state index in [0.29, 0.717) is 16.0 Å². The summed E-state index contributed by atoms with van der Waals surface area (Å²) >= 11 is 3.30. The minimum absolute atomic E-state index is 0.273. The van der Waals surface area contributed by atoms with Gasteiger partial charge in [0.2, 0.25) is 0 Å². The van der Waals surface area contributed by atoms with Gasteiger partial charge in [-0.2, -0.15) is 0 Å². The van der Waals surface area contributed by atoms with Crippen LogP contribution in [0.3, 0.4) is 0 Å². The zero-order valence-electron chi connectivity index (χ0n) is 10.8. The van der Waals surface area contributed by atoms with Crippen LogP contribution >= 0.6 is 15.9 Å². The van der Waals surface area contributed by atoms with Crippen molar-refractivity contribution < 1.29 is 9.13 Å². The molecule has 0 aromatic heterocycles. The molecule has 0 bridgehead atoms. The normalized spacial score (nSPS) is 9.81. The quantitative estimate of drug-likeness (QED) is 0.740. The second-order valence-corrected chi connectivity index (χ2v) is 4.43. The van der Waals surface area contributed by atoms with Crippen molar-refractivity contribution >= 4 is 15.9 Å². The van der Waals surface area contributed by atoms with Crippen molar-refractivity contribution in [1.29, 1.82) is 0 Å². The highest BCUT2D eigenvalue weighted by Crippen LogP contribution is 2.34. The molecule has 1 aromatic rings. The predicted molar refractivity (Wildman–Crippen MR) is 70.8 cm³/mol. The molecule has 1 nitrogen and oxygen atoms in total. The largest absolute Gasteiger partial charge is 0.492 e. The molecule has 0 fully saturated rings. The standard InChI is InChI=1S/C11H14BrFO.C2H6/c1-6(2)8-5-9(12)11(14-4)10(13)7(8)3;1-2/h5-6H,1-4H3;1-2H3. The van der Waals surface area contributed by atoms with Gasteiger partial charge in [0.1, 0.15) is 0 Å². The fourth-order valence-electron chi connectivity index (χ4n) is 1.50. The Morgan fingerprint density at radius 2 is 1.81 bits per heavy atom. The SMILES string of the molecule is CC.COc1c(Br)cc(C(C)C)c(C)c1F. The van der Waals surface area contributed by atoms with Crippen molar-refractivity contribution in [3.05, 3.63) is 27.5 Å². The number of benzene rings is 1. The molecule has 0 amide bonds. The van der Waals surface area contributed by atoms with E-state index in [0.717, 1.165) is 5.56 Å². The smallest absolute Gasteiger partial charge is 0.169 e. The maximum absolute atomic E-state index is 13.7. The number of hydrogen-bond acceptors (Lipinski definition) is 1. The van der Waals surface area contributed by atoms with Gasteiger partial charge < -0.3 is 4.74 Å². The lowest BCUT2D eigenvalue weighted by Gasteiger charge is -2.14. The number of ether oxygens (including phenoxy) is 1. The van der Waals surface area contributed by atoms with Crippen molar-refractivity contribution in [1.82, 2.24) is 0 Å². The van der Waals surface area contributed by atoms with Crippen LogP contribution in [0.4, 0.5) is 4.39 Å². The lowest BCUT2D eigenvalue weighted by Crippen LogP contribution is -1.99. The van der Waals surface area contributed by atoms with Crippen molar-refractivity contribution in [2.45, 2.75) is 40.5 Å². The summed E-state index contributed by atoms with van der Waals surface area (Å²) in [5.74, 6) is 0.323. The molecule has 1 rings (SSSR count). The monoisotopic (exact) mass is 290 g/mol. The van der Waals surface area contributed by atoms with Gasteiger partial charge in [-0.1, -0.05) is 27.7 Å². The van der Waals surface area contributed by atoms with Crippen molar-refractivity contribution in [2.75, 3.05) is 7.11 Å².